The van der Waals surface area contributed by atoms with Crippen LogP contribution in [0, 0.1) is 5.82 Å². The molecule has 0 bridgehead atoms. The number of nitrogens with zero attached hydrogens (tertiary/aromatic N) is 2. The van der Waals surface area contributed by atoms with E-state index in [1.165, 1.54) is 23.9 Å². The monoisotopic (exact) mass is 438 g/mol. The number of carbonyl (C=O) groups is 1. The van der Waals surface area contributed by atoms with Gasteiger partial charge in [-0.05, 0) is 66.9 Å². The summed E-state index contributed by atoms with van der Waals surface area (Å²) in [5.74, 6) is -0.200. The average molecular weight is 439 g/mol. The SMILES string of the molecule is CSc1nc(-c2ccnc(NC(=O)c3ccc(Cl)cc3)c2)c(-c2ccc(F)cc2)[nH]1. The first-order valence-electron chi connectivity index (χ1n) is 8.97. The Kier molecular flexibility index (Phi) is 5.83. The first kappa shape index (κ1) is 20.1. The summed E-state index contributed by atoms with van der Waals surface area (Å²) in [6, 6.07) is 16.4. The highest BCUT2D eigenvalue weighted by Gasteiger charge is 2.15. The van der Waals surface area contributed by atoms with Crippen molar-refractivity contribution in [1.82, 2.24) is 15.0 Å². The number of benzene rings is 2. The highest BCUT2D eigenvalue weighted by molar-refractivity contribution is 7.98. The molecule has 0 spiro atoms. The molecule has 0 saturated carbocycles. The molecule has 4 aromatic rings. The topological polar surface area (TPSA) is 70.7 Å². The number of aromatic nitrogens is 3. The van der Waals surface area contributed by atoms with Crippen molar-refractivity contribution in [1.29, 1.82) is 0 Å². The highest BCUT2D eigenvalue weighted by atomic mass is 35.5. The number of amides is 1. The van der Waals surface area contributed by atoms with Crippen LogP contribution in [0.15, 0.2) is 72.0 Å². The third-order valence-electron chi connectivity index (χ3n) is 4.39. The summed E-state index contributed by atoms with van der Waals surface area (Å²) in [7, 11) is 0. The van der Waals surface area contributed by atoms with Gasteiger partial charge in [0.2, 0.25) is 0 Å². The van der Waals surface area contributed by atoms with E-state index in [0.717, 1.165) is 22.0 Å². The van der Waals surface area contributed by atoms with Crippen LogP contribution in [0.5, 0.6) is 0 Å². The Morgan fingerprint density at radius 1 is 1.07 bits per heavy atom. The van der Waals surface area contributed by atoms with Gasteiger partial charge in [0.25, 0.3) is 5.91 Å². The fourth-order valence-corrected chi connectivity index (χ4v) is 3.43. The molecule has 30 heavy (non-hydrogen) atoms. The number of pyridine rings is 1. The summed E-state index contributed by atoms with van der Waals surface area (Å²) in [5, 5.41) is 4.08. The minimum absolute atomic E-state index is 0.290. The van der Waals surface area contributed by atoms with E-state index in [9.17, 15) is 9.18 Å². The largest absolute Gasteiger partial charge is 0.332 e. The zero-order chi connectivity index (χ0) is 21.1. The second-order valence-corrected chi connectivity index (χ2v) is 7.60. The van der Waals surface area contributed by atoms with Crippen LogP contribution >= 0.6 is 23.4 Å². The maximum atomic E-state index is 13.3. The van der Waals surface area contributed by atoms with E-state index >= 15 is 0 Å². The molecule has 150 valence electrons. The number of carbonyl (C=O) groups excluding carboxylic acids is 1. The number of H-pyrrole nitrogens is 1. The summed E-state index contributed by atoms with van der Waals surface area (Å²) < 4.78 is 13.3. The molecular formula is C22H16ClFN4OS. The van der Waals surface area contributed by atoms with Gasteiger partial charge in [-0.3, -0.25) is 4.79 Å². The molecule has 0 unspecified atom stereocenters. The number of halogens is 2. The number of hydrogen-bond donors (Lipinski definition) is 2. The van der Waals surface area contributed by atoms with Crippen molar-refractivity contribution in [3.05, 3.63) is 83.3 Å². The van der Waals surface area contributed by atoms with Crippen molar-refractivity contribution < 1.29 is 9.18 Å². The fraction of sp³-hybridized carbons (Fsp3) is 0.0455. The van der Waals surface area contributed by atoms with Crippen LogP contribution in [-0.2, 0) is 0 Å². The molecule has 4 rings (SSSR count). The Morgan fingerprint density at radius 2 is 1.80 bits per heavy atom. The van der Waals surface area contributed by atoms with Crippen molar-refractivity contribution in [2.45, 2.75) is 5.16 Å². The van der Waals surface area contributed by atoms with E-state index in [2.05, 4.69) is 20.3 Å². The van der Waals surface area contributed by atoms with Crippen LogP contribution in [0.3, 0.4) is 0 Å². The molecule has 8 heteroatoms. The Balaban J connectivity index is 1.67. The number of imidazole rings is 1. The van der Waals surface area contributed by atoms with Crippen molar-refractivity contribution in [2.24, 2.45) is 0 Å². The van der Waals surface area contributed by atoms with Gasteiger partial charge in [-0.25, -0.2) is 14.4 Å². The third kappa shape index (κ3) is 4.37. The first-order valence-corrected chi connectivity index (χ1v) is 10.6. The number of nitrogens with one attached hydrogen (secondary N) is 2. The lowest BCUT2D eigenvalue weighted by Gasteiger charge is -2.07. The zero-order valence-corrected chi connectivity index (χ0v) is 17.4. The molecule has 2 heterocycles. The molecule has 0 aliphatic heterocycles. The second kappa shape index (κ2) is 8.69. The van der Waals surface area contributed by atoms with Gasteiger partial charge in [-0.2, -0.15) is 0 Å². The van der Waals surface area contributed by atoms with Crippen LogP contribution < -0.4 is 5.32 Å². The predicted molar refractivity (Wildman–Crippen MR) is 118 cm³/mol. The van der Waals surface area contributed by atoms with E-state index in [1.54, 1.807) is 48.7 Å². The number of rotatable bonds is 5. The normalized spacial score (nSPS) is 10.8. The molecule has 0 radical (unpaired) electrons. The number of aromatic amines is 1. The number of anilines is 1. The maximum absolute atomic E-state index is 13.3. The minimum atomic E-state index is -0.305. The van der Waals surface area contributed by atoms with Gasteiger partial charge in [-0.1, -0.05) is 23.4 Å². The lowest BCUT2D eigenvalue weighted by molar-refractivity contribution is 0.102. The quantitative estimate of drug-likeness (QED) is 0.380. The average Bonchev–Trinajstić information content (AvgIpc) is 3.19. The molecule has 2 aromatic heterocycles. The molecule has 0 atom stereocenters. The molecule has 0 aliphatic carbocycles. The molecule has 5 nitrogen and oxygen atoms in total. The van der Waals surface area contributed by atoms with E-state index in [4.69, 9.17) is 11.6 Å². The lowest BCUT2D eigenvalue weighted by atomic mass is 10.1. The second-order valence-electron chi connectivity index (χ2n) is 6.37. The van der Waals surface area contributed by atoms with Crippen LogP contribution in [-0.4, -0.2) is 27.1 Å². The number of thioether (sulfide) groups is 1. The highest BCUT2D eigenvalue weighted by Crippen LogP contribution is 2.33. The van der Waals surface area contributed by atoms with Crippen LogP contribution in [0.2, 0.25) is 5.02 Å². The standard InChI is InChI=1S/C22H16ClFN4OS/c1-30-22-27-19(13-4-8-17(24)9-5-13)20(28-22)15-10-11-25-18(12-15)26-21(29)14-2-6-16(23)7-3-14/h2-12H,1H3,(H,27,28)(H,25,26,29). The Labute approximate surface area is 181 Å². The van der Waals surface area contributed by atoms with Gasteiger partial charge in [0.1, 0.15) is 11.6 Å². The van der Waals surface area contributed by atoms with Gasteiger partial charge in [-0.15, -0.1) is 0 Å². The van der Waals surface area contributed by atoms with Crippen molar-refractivity contribution in [2.75, 3.05) is 11.6 Å². The zero-order valence-electron chi connectivity index (χ0n) is 15.8. The van der Waals surface area contributed by atoms with E-state index in [-0.39, 0.29) is 11.7 Å². The predicted octanol–water partition coefficient (Wildman–Crippen LogP) is 5.91. The van der Waals surface area contributed by atoms with Crippen LogP contribution in [0.25, 0.3) is 22.5 Å². The van der Waals surface area contributed by atoms with Gasteiger partial charge < -0.3 is 10.3 Å². The van der Waals surface area contributed by atoms with Crippen LogP contribution in [0.4, 0.5) is 10.2 Å². The van der Waals surface area contributed by atoms with Crippen molar-refractivity contribution in [3.8, 4) is 22.5 Å². The summed E-state index contributed by atoms with van der Waals surface area (Å²) in [4.78, 5) is 24.6. The first-order chi connectivity index (χ1) is 14.5. The van der Waals surface area contributed by atoms with E-state index in [1.807, 2.05) is 12.3 Å². The summed E-state index contributed by atoms with van der Waals surface area (Å²) in [5.41, 5.74) is 3.51. The molecule has 0 saturated heterocycles. The Morgan fingerprint density at radius 3 is 2.50 bits per heavy atom. The Bertz CT molecular complexity index is 1190. The number of hydrogen-bond acceptors (Lipinski definition) is 4. The minimum Gasteiger partial charge on any atom is -0.332 e. The third-order valence-corrected chi connectivity index (χ3v) is 5.22. The summed E-state index contributed by atoms with van der Waals surface area (Å²) >= 11 is 7.35. The smallest absolute Gasteiger partial charge is 0.256 e. The van der Waals surface area contributed by atoms with Crippen LogP contribution in [0.1, 0.15) is 10.4 Å². The van der Waals surface area contributed by atoms with E-state index in [0.29, 0.717) is 22.1 Å². The molecule has 1 amide bonds. The maximum Gasteiger partial charge on any atom is 0.256 e. The molecular weight excluding hydrogens is 423 g/mol. The molecule has 0 fully saturated rings. The molecule has 0 aliphatic rings. The van der Waals surface area contributed by atoms with Gasteiger partial charge in [0.05, 0.1) is 11.4 Å². The van der Waals surface area contributed by atoms with Gasteiger partial charge >= 0.3 is 0 Å². The van der Waals surface area contributed by atoms with Gasteiger partial charge in [0, 0.05) is 27.9 Å². The molecule has 2 aromatic carbocycles. The van der Waals surface area contributed by atoms with E-state index < -0.39 is 0 Å². The fourth-order valence-electron chi connectivity index (χ4n) is 2.92. The van der Waals surface area contributed by atoms with Crippen molar-refractivity contribution >= 4 is 35.1 Å². The van der Waals surface area contributed by atoms with Gasteiger partial charge in [0.15, 0.2) is 5.16 Å². The summed E-state index contributed by atoms with van der Waals surface area (Å²) in [6.07, 6.45) is 3.52. The summed E-state index contributed by atoms with van der Waals surface area (Å²) in [6.45, 7) is 0. The Hall–Kier alpha value is -3.16. The molecule has 2 N–H and O–H groups in total. The lowest BCUT2D eigenvalue weighted by Crippen LogP contribution is -2.12. The van der Waals surface area contributed by atoms with Crippen molar-refractivity contribution in [3.63, 3.8) is 0 Å².